The van der Waals surface area contributed by atoms with Crippen LogP contribution in [-0.4, -0.2) is 63.3 Å². The SMILES string of the molecule is CCCN=C(NCCc1ccco1)NC1CCN(CCOC)CC1.I. The lowest BCUT2D eigenvalue weighted by molar-refractivity contribution is 0.128. The molecule has 0 radical (unpaired) electrons. The molecule has 1 aromatic heterocycles. The van der Waals surface area contributed by atoms with Crippen LogP contribution in [0.25, 0.3) is 0 Å². The van der Waals surface area contributed by atoms with E-state index in [1.165, 1.54) is 0 Å². The number of guanidine groups is 1. The first-order valence-corrected chi connectivity index (χ1v) is 9.10. The third kappa shape index (κ3) is 8.91. The minimum atomic E-state index is 0. The summed E-state index contributed by atoms with van der Waals surface area (Å²) in [5.41, 5.74) is 0. The van der Waals surface area contributed by atoms with Gasteiger partial charge in [-0.05, 0) is 31.4 Å². The smallest absolute Gasteiger partial charge is 0.191 e. The van der Waals surface area contributed by atoms with E-state index in [9.17, 15) is 0 Å². The Bertz CT molecular complexity index is 460. The van der Waals surface area contributed by atoms with E-state index in [2.05, 4.69) is 27.4 Å². The molecule has 0 unspecified atom stereocenters. The minimum absolute atomic E-state index is 0. The fraction of sp³-hybridized carbons (Fsp3) is 0.722. The molecule has 0 spiro atoms. The highest BCUT2D eigenvalue weighted by molar-refractivity contribution is 14.0. The second-order valence-corrected chi connectivity index (χ2v) is 6.24. The topological polar surface area (TPSA) is 62.0 Å². The first-order valence-electron chi connectivity index (χ1n) is 9.10. The Morgan fingerprint density at radius 1 is 1.40 bits per heavy atom. The number of aliphatic imine (C=N–C) groups is 1. The first kappa shape index (κ1) is 22.2. The van der Waals surface area contributed by atoms with Crippen LogP contribution in [0.15, 0.2) is 27.8 Å². The summed E-state index contributed by atoms with van der Waals surface area (Å²) in [5, 5.41) is 7.03. The van der Waals surface area contributed by atoms with E-state index in [0.717, 1.165) is 76.7 Å². The largest absolute Gasteiger partial charge is 0.469 e. The fourth-order valence-electron chi connectivity index (χ4n) is 2.85. The zero-order valence-electron chi connectivity index (χ0n) is 15.5. The summed E-state index contributed by atoms with van der Waals surface area (Å²) in [6.07, 6.45) is 5.94. The van der Waals surface area contributed by atoms with Crippen molar-refractivity contribution in [3.8, 4) is 0 Å². The molecule has 0 amide bonds. The van der Waals surface area contributed by atoms with Crippen LogP contribution in [0.5, 0.6) is 0 Å². The molecule has 2 N–H and O–H groups in total. The van der Waals surface area contributed by atoms with E-state index >= 15 is 0 Å². The number of piperidine rings is 1. The molecule has 0 saturated carbocycles. The van der Waals surface area contributed by atoms with Crippen molar-refractivity contribution in [3.63, 3.8) is 0 Å². The number of hydrogen-bond donors (Lipinski definition) is 2. The number of hydrogen-bond acceptors (Lipinski definition) is 4. The fourth-order valence-corrected chi connectivity index (χ4v) is 2.85. The summed E-state index contributed by atoms with van der Waals surface area (Å²) in [5.74, 6) is 1.93. The number of furan rings is 1. The minimum Gasteiger partial charge on any atom is -0.469 e. The van der Waals surface area contributed by atoms with Crippen LogP contribution in [0.2, 0.25) is 0 Å². The Labute approximate surface area is 168 Å². The number of methoxy groups -OCH3 is 1. The Hall–Kier alpha value is -0.800. The Morgan fingerprint density at radius 3 is 2.84 bits per heavy atom. The molecule has 144 valence electrons. The van der Waals surface area contributed by atoms with Crippen molar-refractivity contribution in [2.24, 2.45) is 4.99 Å². The van der Waals surface area contributed by atoms with E-state index in [1.807, 2.05) is 12.1 Å². The molecule has 2 heterocycles. The van der Waals surface area contributed by atoms with Crippen molar-refractivity contribution in [1.29, 1.82) is 0 Å². The van der Waals surface area contributed by atoms with Crippen LogP contribution in [0.3, 0.4) is 0 Å². The highest BCUT2D eigenvalue weighted by atomic mass is 127. The van der Waals surface area contributed by atoms with Gasteiger partial charge in [0.1, 0.15) is 5.76 Å². The van der Waals surface area contributed by atoms with Gasteiger partial charge in [0.15, 0.2) is 5.96 Å². The van der Waals surface area contributed by atoms with Gasteiger partial charge in [0.2, 0.25) is 0 Å². The lowest BCUT2D eigenvalue weighted by Gasteiger charge is -2.32. The number of nitrogens with one attached hydrogen (secondary N) is 2. The van der Waals surface area contributed by atoms with Crippen LogP contribution >= 0.6 is 24.0 Å². The molecular formula is C18H33IN4O2. The van der Waals surface area contributed by atoms with Gasteiger partial charge in [-0.15, -0.1) is 24.0 Å². The van der Waals surface area contributed by atoms with Gasteiger partial charge < -0.3 is 24.7 Å². The molecule has 7 heteroatoms. The van der Waals surface area contributed by atoms with Crippen molar-refractivity contribution in [2.45, 2.75) is 38.6 Å². The maximum atomic E-state index is 5.37. The predicted octanol–water partition coefficient (Wildman–Crippen LogP) is 2.50. The summed E-state index contributed by atoms with van der Waals surface area (Å²) >= 11 is 0. The summed E-state index contributed by atoms with van der Waals surface area (Å²) in [6.45, 7) is 7.91. The molecule has 2 rings (SSSR count). The van der Waals surface area contributed by atoms with Crippen molar-refractivity contribution < 1.29 is 9.15 Å². The number of halogens is 1. The number of likely N-dealkylation sites (tertiary alicyclic amines) is 1. The van der Waals surface area contributed by atoms with Crippen LogP contribution in [-0.2, 0) is 11.2 Å². The molecule has 1 saturated heterocycles. The Balaban J connectivity index is 0.00000312. The third-order valence-electron chi connectivity index (χ3n) is 4.28. The van der Waals surface area contributed by atoms with Crippen molar-refractivity contribution in [3.05, 3.63) is 24.2 Å². The molecule has 0 aromatic carbocycles. The summed E-state index contributed by atoms with van der Waals surface area (Å²) in [6, 6.07) is 4.43. The summed E-state index contributed by atoms with van der Waals surface area (Å²) < 4.78 is 10.5. The first-order chi connectivity index (χ1) is 11.8. The van der Waals surface area contributed by atoms with E-state index in [-0.39, 0.29) is 24.0 Å². The monoisotopic (exact) mass is 464 g/mol. The van der Waals surface area contributed by atoms with Crippen molar-refractivity contribution in [1.82, 2.24) is 15.5 Å². The van der Waals surface area contributed by atoms with Gasteiger partial charge >= 0.3 is 0 Å². The summed E-state index contributed by atoms with van der Waals surface area (Å²) in [4.78, 5) is 7.12. The van der Waals surface area contributed by atoms with Crippen LogP contribution in [0.1, 0.15) is 31.9 Å². The molecule has 1 fully saturated rings. The van der Waals surface area contributed by atoms with Crippen LogP contribution < -0.4 is 10.6 Å². The predicted molar refractivity (Wildman–Crippen MR) is 113 cm³/mol. The second-order valence-electron chi connectivity index (χ2n) is 6.24. The average molecular weight is 464 g/mol. The standard InChI is InChI=1S/C18H32N4O2.HI/c1-3-9-19-18(20-10-6-17-5-4-14-24-17)21-16-7-11-22(12-8-16)13-15-23-2;/h4-5,14,16H,3,6-13,15H2,1-2H3,(H2,19,20,21);1H. The van der Waals surface area contributed by atoms with E-state index < -0.39 is 0 Å². The average Bonchev–Trinajstić information content (AvgIpc) is 3.12. The lowest BCUT2D eigenvalue weighted by Crippen LogP contribution is -2.49. The van der Waals surface area contributed by atoms with Gasteiger partial charge in [0.05, 0.1) is 12.9 Å². The van der Waals surface area contributed by atoms with Gasteiger partial charge in [0, 0.05) is 52.3 Å². The van der Waals surface area contributed by atoms with Gasteiger partial charge in [-0.1, -0.05) is 6.92 Å². The molecule has 0 bridgehead atoms. The quantitative estimate of drug-likeness (QED) is 0.334. The van der Waals surface area contributed by atoms with Gasteiger partial charge in [-0.25, -0.2) is 0 Å². The number of ether oxygens (including phenoxy) is 1. The normalized spacial score (nSPS) is 16.5. The zero-order valence-corrected chi connectivity index (χ0v) is 17.8. The number of rotatable bonds is 9. The van der Waals surface area contributed by atoms with Crippen LogP contribution in [0, 0.1) is 0 Å². The maximum Gasteiger partial charge on any atom is 0.191 e. The van der Waals surface area contributed by atoms with Gasteiger partial charge in [-0.2, -0.15) is 0 Å². The van der Waals surface area contributed by atoms with Gasteiger partial charge in [-0.3, -0.25) is 4.99 Å². The van der Waals surface area contributed by atoms with Crippen molar-refractivity contribution >= 4 is 29.9 Å². The highest BCUT2D eigenvalue weighted by Gasteiger charge is 2.19. The Morgan fingerprint density at radius 2 is 2.20 bits per heavy atom. The van der Waals surface area contributed by atoms with E-state index in [4.69, 9.17) is 9.15 Å². The zero-order chi connectivity index (χ0) is 17.0. The molecule has 1 aromatic rings. The van der Waals surface area contributed by atoms with Crippen LogP contribution in [0.4, 0.5) is 0 Å². The Kier molecular flexibility index (Phi) is 11.9. The second kappa shape index (κ2) is 13.4. The number of nitrogens with zero attached hydrogens (tertiary/aromatic N) is 2. The summed E-state index contributed by atoms with van der Waals surface area (Å²) in [7, 11) is 1.76. The molecule has 25 heavy (non-hydrogen) atoms. The van der Waals surface area contributed by atoms with E-state index in [1.54, 1.807) is 13.4 Å². The van der Waals surface area contributed by atoms with Crippen molar-refractivity contribution in [2.75, 3.05) is 46.4 Å². The lowest BCUT2D eigenvalue weighted by atomic mass is 10.1. The molecule has 0 atom stereocenters. The molecule has 1 aliphatic rings. The maximum absolute atomic E-state index is 5.37. The van der Waals surface area contributed by atoms with Gasteiger partial charge in [0.25, 0.3) is 0 Å². The molecular weight excluding hydrogens is 431 g/mol. The van der Waals surface area contributed by atoms with E-state index in [0.29, 0.717) is 6.04 Å². The third-order valence-corrected chi connectivity index (χ3v) is 4.28. The highest BCUT2D eigenvalue weighted by Crippen LogP contribution is 2.10. The molecule has 0 aliphatic carbocycles. The molecule has 6 nitrogen and oxygen atoms in total. The molecule has 1 aliphatic heterocycles.